The van der Waals surface area contributed by atoms with Gasteiger partial charge in [-0.05, 0) is 11.6 Å². The minimum Gasteiger partial charge on any atom is -0.495 e. The molecule has 0 fully saturated rings. The van der Waals surface area contributed by atoms with Crippen LogP contribution in [0.1, 0.15) is 11.3 Å². The number of methoxy groups -OCH3 is 1. The summed E-state index contributed by atoms with van der Waals surface area (Å²) in [6.45, 7) is -2.99. The minimum atomic E-state index is -2.99. The van der Waals surface area contributed by atoms with Crippen LogP contribution in [0.4, 0.5) is 8.78 Å². The largest absolute Gasteiger partial charge is 0.495 e. The summed E-state index contributed by atoms with van der Waals surface area (Å²) in [5, 5.41) is 4.62. The Kier molecular flexibility index (Phi) is 5.36. The molecule has 2 aromatic rings. The van der Waals surface area contributed by atoms with Gasteiger partial charge in [0.25, 0.3) is 0 Å². The maximum absolute atomic E-state index is 12.3. The summed E-state index contributed by atoms with van der Waals surface area (Å²) >= 11 is 18.3. The van der Waals surface area contributed by atoms with E-state index in [0.717, 1.165) is 4.68 Å². The van der Waals surface area contributed by atoms with Gasteiger partial charge in [-0.1, -0.05) is 40.9 Å². The Balaban J connectivity index is 2.34. The molecule has 0 unspecified atom stereocenters. The van der Waals surface area contributed by atoms with Crippen molar-refractivity contribution in [3.63, 3.8) is 0 Å². The third kappa shape index (κ3) is 3.39. The van der Waals surface area contributed by atoms with E-state index in [9.17, 15) is 8.78 Å². The molecule has 0 N–H and O–H groups in total. The summed E-state index contributed by atoms with van der Waals surface area (Å²) in [6, 6.07) is 3.35. The van der Waals surface area contributed by atoms with Crippen LogP contribution < -0.4 is 9.47 Å². The third-order valence-electron chi connectivity index (χ3n) is 2.91. The molecule has 0 aliphatic heterocycles. The fourth-order valence-corrected chi connectivity index (χ4v) is 2.66. The first-order chi connectivity index (χ1) is 10.3. The first-order valence-corrected chi connectivity index (χ1v) is 7.15. The molecule has 0 aliphatic carbocycles. The first-order valence-electron chi connectivity index (χ1n) is 6.02. The van der Waals surface area contributed by atoms with Crippen LogP contribution in [0, 0.1) is 0 Å². The lowest BCUT2D eigenvalue weighted by atomic mass is 10.1. The Morgan fingerprint density at radius 3 is 2.45 bits per heavy atom. The molecule has 0 saturated heterocycles. The van der Waals surface area contributed by atoms with Crippen LogP contribution in [0.5, 0.6) is 11.6 Å². The van der Waals surface area contributed by atoms with Crippen molar-refractivity contribution in [2.75, 3.05) is 7.11 Å². The molecule has 4 nitrogen and oxygen atoms in total. The lowest BCUT2D eigenvalue weighted by Gasteiger charge is -2.08. The summed E-state index contributed by atoms with van der Waals surface area (Å²) in [5.74, 6) is 0.228. The molecule has 120 valence electrons. The molecule has 0 amide bonds. The smallest absolute Gasteiger partial charge is 0.388 e. The second-order valence-corrected chi connectivity index (χ2v) is 5.43. The third-order valence-corrected chi connectivity index (χ3v) is 4.19. The number of nitrogens with zero attached hydrogens (tertiary/aromatic N) is 2. The van der Waals surface area contributed by atoms with Gasteiger partial charge in [-0.2, -0.15) is 13.9 Å². The average Bonchev–Trinajstić information content (AvgIpc) is 2.71. The molecule has 0 atom stereocenters. The molecule has 1 heterocycles. The molecular formula is C13H11Cl3F2N2O2. The number of hydrogen-bond donors (Lipinski definition) is 0. The number of hydrogen-bond acceptors (Lipinski definition) is 3. The van der Waals surface area contributed by atoms with Gasteiger partial charge in [0.15, 0.2) is 0 Å². The summed E-state index contributed by atoms with van der Waals surface area (Å²) in [5.41, 5.74) is 0.985. The minimum absolute atomic E-state index is 0.00538. The predicted octanol–water partition coefficient (Wildman–Crippen LogP) is 4.58. The van der Waals surface area contributed by atoms with Crippen LogP contribution in [-0.4, -0.2) is 23.5 Å². The molecule has 1 aromatic carbocycles. The number of benzene rings is 1. The van der Waals surface area contributed by atoms with Crippen molar-refractivity contribution in [2.45, 2.75) is 13.0 Å². The van der Waals surface area contributed by atoms with Gasteiger partial charge in [0.1, 0.15) is 15.8 Å². The van der Waals surface area contributed by atoms with Crippen LogP contribution in [0.2, 0.25) is 15.1 Å². The Morgan fingerprint density at radius 1 is 1.18 bits per heavy atom. The molecule has 22 heavy (non-hydrogen) atoms. The van der Waals surface area contributed by atoms with Gasteiger partial charge < -0.3 is 9.47 Å². The molecule has 0 spiro atoms. The second kappa shape index (κ2) is 6.89. The lowest BCUT2D eigenvalue weighted by molar-refractivity contribution is -0.0552. The van der Waals surface area contributed by atoms with E-state index in [4.69, 9.17) is 39.5 Å². The van der Waals surface area contributed by atoms with Crippen molar-refractivity contribution in [3.05, 3.63) is 38.5 Å². The van der Waals surface area contributed by atoms with Crippen LogP contribution >= 0.6 is 34.8 Å². The first kappa shape index (κ1) is 17.1. The summed E-state index contributed by atoms with van der Waals surface area (Å²) in [4.78, 5) is 0. The predicted molar refractivity (Wildman–Crippen MR) is 80.7 cm³/mol. The highest BCUT2D eigenvalue weighted by atomic mass is 35.5. The summed E-state index contributed by atoms with van der Waals surface area (Å²) < 4.78 is 35.2. The van der Waals surface area contributed by atoms with Crippen LogP contribution in [0.15, 0.2) is 12.1 Å². The molecule has 1 aromatic heterocycles. The van der Waals surface area contributed by atoms with E-state index in [0.29, 0.717) is 22.0 Å². The van der Waals surface area contributed by atoms with E-state index in [1.807, 2.05) is 0 Å². The molecule has 2 rings (SSSR count). The van der Waals surface area contributed by atoms with Crippen molar-refractivity contribution in [1.29, 1.82) is 0 Å². The lowest BCUT2D eigenvalue weighted by Crippen LogP contribution is -2.06. The van der Waals surface area contributed by atoms with Crippen molar-refractivity contribution >= 4 is 34.8 Å². The van der Waals surface area contributed by atoms with Gasteiger partial charge in [0, 0.05) is 13.5 Å². The average molecular weight is 372 g/mol. The van der Waals surface area contributed by atoms with E-state index in [1.165, 1.54) is 14.2 Å². The monoisotopic (exact) mass is 370 g/mol. The van der Waals surface area contributed by atoms with Crippen molar-refractivity contribution in [1.82, 2.24) is 9.78 Å². The molecule has 0 saturated carbocycles. The van der Waals surface area contributed by atoms with Crippen molar-refractivity contribution < 1.29 is 18.3 Å². The topological polar surface area (TPSA) is 36.3 Å². The van der Waals surface area contributed by atoms with E-state index in [1.54, 1.807) is 12.1 Å². The van der Waals surface area contributed by atoms with Gasteiger partial charge in [0.05, 0.1) is 17.8 Å². The molecule has 0 radical (unpaired) electrons. The van der Waals surface area contributed by atoms with E-state index >= 15 is 0 Å². The Morgan fingerprint density at radius 2 is 1.86 bits per heavy atom. The van der Waals surface area contributed by atoms with E-state index < -0.39 is 6.61 Å². The van der Waals surface area contributed by atoms with Gasteiger partial charge in [-0.25, -0.2) is 4.68 Å². The van der Waals surface area contributed by atoms with E-state index in [2.05, 4.69) is 9.84 Å². The highest BCUT2D eigenvalue weighted by Gasteiger charge is 2.20. The van der Waals surface area contributed by atoms with Crippen molar-refractivity contribution in [2.24, 2.45) is 7.05 Å². The summed E-state index contributed by atoms with van der Waals surface area (Å²) in [6.07, 6.45) is 0.210. The quantitative estimate of drug-likeness (QED) is 0.772. The number of alkyl halides is 2. The molecule has 0 bridgehead atoms. The van der Waals surface area contributed by atoms with Gasteiger partial charge in [0.2, 0.25) is 5.88 Å². The Bertz CT molecular complexity index is 692. The Hall–Kier alpha value is -1.24. The van der Waals surface area contributed by atoms with Crippen LogP contribution in [0.3, 0.4) is 0 Å². The fourth-order valence-electron chi connectivity index (χ4n) is 1.91. The standard InChI is InChI=1S/C13H11Cl3F2N2O2/c1-20-12(22-13(17)18)10(15)7(19-20)5-6-3-4-8(21-2)11(16)9(6)14/h3-4,13H,5H2,1-2H3. The normalized spacial score (nSPS) is 11.1. The number of rotatable bonds is 5. The molecule has 0 aliphatic rings. The van der Waals surface area contributed by atoms with Gasteiger partial charge in [-0.3, -0.25) is 0 Å². The zero-order valence-corrected chi connectivity index (χ0v) is 13.8. The maximum Gasteiger partial charge on any atom is 0.388 e. The molecular weight excluding hydrogens is 361 g/mol. The molecule has 9 heteroatoms. The van der Waals surface area contributed by atoms with Gasteiger partial charge >= 0.3 is 6.61 Å². The van der Waals surface area contributed by atoms with Crippen LogP contribution in [0.25, 0.3) is 0 Å². The highest BCUT2D eigenvalue weighted by Crippen LogP contribution is 2.37. The maximum atomic E-state index is 12.3. The SMILES string of the molecule is COc1ccc(Cc2nn(C)c(OC(F)F)c2Cl)c(Cl)c1Cl. The zero-order valence-electron chi connectivity index (χ0n) is 11.5. The fraction of sp³-hybridized carbons (Fsp3) is 0.308. The number of ether oxygens (including phenoxy) is 2. The Labute approximate surface area is 140 Å². The van der Waals surface area contributed by atoms with Gasteiger partial charge in [-0.15, -0.1) is 0 Å². The number of halogens is 5. The zero-order chi connectivity index (χ0) is 16.4. The van der Waals surface area contributed by atoms with Crippen molar-refractivity contribution in [3.8, 4) is 11.6 Å². The van der Waals surface area contributed by atoms with Crippen LogP contribution in [-0.2, 0) is 13.5 Å². The number of aromatic nitrogens is 2. The number of aryl methyl sites for hydroxylation is 1. The highest BCUT2D eigenvalue weighted by molar-refractivity contribution is 6.43. The van der Waals surface area contributed by atoms with E-state index in [-0.39, 0.29) is 22.3 Å². The second-order valence-electron chi connectivity index (χ2n) is 4.30. The summed E-state index contributed by atoms with van der Waals surface area (Å²) in [7, 11) is 2.93.